The van der Waals surface area contributed by atoms with Gasteiger partial charge in [0.15, 0.2) is 0 Å². The lowest BCUT2D eigenvalue weighted by atomic mass is 9.96. The van der Waals surface area contributed by atoms with E-state index >= 15 is 0 Å². The standard InChI is InChI=1S/C13H16ClNO2S/c1-9-6-7-15(8-11(9)16)13(17)5-3-10-2-4-12(14)18-10/h2-5,9,11,16H,6-8H2,1H3/b5-3+. The van der Waals surface area contributed by atoms with Crippen molar-refractivity contribution >= 4 is 34.9 Å². The van der Waals surface area contributed by atoms with Crippen LogP contribution in [0.1, 0.15) is 18.2 Å². The Morgan fingerprint density at radius 3 is 3.00 bits per heavy atom. The van der Waals surface area contributed by atoms with Gasteiger partial charge in [0.1, 0.15) is 0 Å². The second-order valence-corrected chi connectivity index (χ2v) is 6.34. The number of thiophene rings is 1. The van der Waals surface area contributed by atoms with Crippen molar-refractivity contribution in [3.05, 3.63) is 27.4 Å². The van der Waals surface area contributed by atoms with Gasteiger partial charge in [-0.1, -0.05) is 18.5 Å². The van der Waals surface area contributed by atoms with Crippen molar-refractivity contribution in [3.63, 3.8) is 0 Å². The molecule has 3 nitrogen and oxygen atoms in total. The molecule has 2 heterocycles. The van der Waals surface area contributed by atoms with Crippen LogP contribution in [-0.4, -0.2) is 35.1 Å². The van der Waals surface area contributed by atoms with Gasteiger partial charge in [0.05, 0.1) is 10.4 Å². The first kappa shape index (κ1) is 13.6. The van der Waals surface area contributed by atoms with Crippen LogP contribution in [0.2, 0.25) is 4.34 Å². The highest BCUT2D eigenvalue weighted by atomic mass is 35.5. The molecule has 1 fully saturated rings. The number of rotatable bonds is 2. The number of halogens is 1. The van der Waals surface area contributed by atoms with Gasteiger partial charge >= 0.3 is 0 Å². The summed E-state index contributed by atoms with van der Waals surface area (Å²) in [5.74, 6) is 0.222. The molecule has 1 aromatic rings. The fraction of sp³-hybridized carbons (Fsp3) is 0.462. The third kappa shape index (κ3) is 3.34. The fourth-order valence-corrected chi connectivity index (χ4v) is 2.89. The van der Waals surface area contributed by atoms with Crippen molar-refractivity contribution in [1.29, 1.82) is 0 Å². The Kier molecular flexibility index (Phi) is 4.43. The molecular weight excluding hydrogens is 270 g/mol. The van der Waals surface area contributed by atoms with E-state index in [0.29, 0.717) is 17.4 Å². The van der Waals surface area contributed by atoms with Gasteiger partial charge in [-0.05, 0) is 30.5 Å². The van der Waals surface area contributed by atoms with Crippen molar-refractivity contribution in [2.45, 2.75) is 19.4 Å². The van der Waals surface area contributed by atoms with E-state index < -0.39 is 6.10 Å². The number of carbonyl (C=O) groups is 1. The third-order valence-electron chi connectivity index (χ3n) is 3.21. The summed E-state index contributed by atoms with van der Waals surface area (Å²) >= 11 is 7.25. The monoisotopic (exact) mass is 285 g/mol. The predicted molar refractivity (Wildman–Crippen MR) is 74.7 cm³/mol. The van der Waals surface area contributed by atoms with Crippen LogP contribution in [0.3, 0.4) is 0 Å². The van der Waals surface area contributed by atoms with E-state index in [1.54, 1.807) is 17.1 Å². The van der Waals surface area contributed by atoms with E-state index in [9.17, 15) is 9.90 Å². The smallest absolute Gasteiger partial charge is 0.246 e. The first-order chi connectivity index (χ1) is 8.56. The third-order valence-corrected chi connectivity index (χ3v) is 4.41. The van der Waals surface area contributed by atoms with Crippen LogP contribution >= 0.6 is 22.9 Å². The molecule has 1 N–H and O–H groups in total. The second-order valence-electron chi connectivity index (χ2n) is 4.59. The molecule has 0 aliphatic carbocycles. The summed E-state index contributed by atoms with van der Waals surface area (Å²) in [5, 5.41) is 9.75. The molecule has 2 unspecified atom stereocenters. The molecule has 18 heavy (non-hydrogen) atoms. The maximum absolute atomic E-state index is 11.9. The van der Waals surface area contributed by atoms with Crippen molar-refractivity contribution in [2.24, 2.45) is 5.92 Å². The van der Waals surface area contributed by atoms with Crippen LogP contribution in [0, 0.1) is 5.92 Å². The van der Waals surface area contributed by atoms with Crippen LogP contribution < -0.4 is 0 Å². The van der Waals surface area contributed by atoms with Gasteiger partial charge in [0, 0.05) is 24.0 Å². The Morgan fingerprint density at radius 1 is 1.61 bits per heavy atom. The van der Waals surface area contributed by atoms with Gasteiger partial charge in [0.25, 0.3) is 0 Å². The number of β-amino-alcohol motifs (C(OH)–C–C–N with tert-alkyl or cyclic N) is 1. The summed E-state index contributed by atoms with van der Waals surface area (Å²) in [4.78, 5) is 14.6. The highest BCUT2D eigenvalue weighted by molar-refractivity contribution is 7.17. The maximum atomic E-state index is 11.9. The number of aliphatic hydroxyl groups excluding tert-OH is 1. The molecule has 0 aromatic carbocycles. The molecule has 1 aromatic heterocycles. The van der Waals surface area contributed by atoms with E-state index in [1.807, 2.05) is 19.1 Å². The van der Waals surface area contributed by atoms with Crippen LogP contribution in [0.5, 0.6) is 0 Å². The summed E-state index contributed by atoms with van der Waals surface area (Å²) in [6.07, 6.45) is 3.76. The molecule has 0 saturated carbocycles. The Bertz CT molecular complexity index is 458. The maximum Gasteiger partial charge on any atom is 0.246 e. The minimum Gasteiger partial charge on any atom is -0.391 e. The zero-order chi connectivity index (χ0) is 13.1. The Hall–Kier alpha value is -0.840. The minimum atomic E-state index is -0.410. The van der Waals surface area contributed by atoms with Crippen LogP contribution in [0.4, 0.5) is 0 Å². The lowest BCUT2D eigenvalue weighted by molar-refractivity contribution is -0.130. The van der Waals surface area contributed by atoms with Crippen molar-refractivity contribution in [1.82, 2.24) is 4.90 Å². The number of carbonyl (C=O) groups excluding carboxylic acids is 1. The number of hydrogen-bond donors (Lipinski definition) is 1. The first-order valence-corrected chi connectivity index (χ1v) is 7.16. The molecule has 0 radical (unpaired) electrons. The van der Waals surface area contributed by atoms with Gasteiger partial charge in [-0.25, -0.2) is 0 Å². The molecule has 1 saturated heterocycles. The highest BCUT2D eigenvalue weighted by Gasteiger charge is 2.26. The quantitative estimate of drug-likeness (QED) is 0.849. The molecular formula is C13H16ClNO2S. The largest absolute Gasteiger partial charge is 0.391 e. The van der Waals surface area contributed by atoms with Crippen LogP contribution in [0.15, 0.2) is 18.2 Å². The summed E-state index contributed by atoms with van der Waals surface area (Å²) < 4.78 is 0.712. The minimum absolute atomic E-state index is 0.0505. The second kappa shape index (κ2) is 5.87. The average molecular weight is 286 g/mol. The number of nitrogens with zero attached hydrogens (tertiary/aromatic N) is 1. The summed E-state index contributed by atoms with van der Waals surface area (Å²) in [5.41, 5.74) is 0. The molecule has 0 bridgehead atoms. The van der Waals surface area contributed by atoms with Gasteiger partial charge in [-0.2, -0.15) is 0 Å². The molecule has 2 atom stereocenters. The molecule has 0 spiro atoms. The molecule has 98 valence electrons. The SMILES string of the molecule is CC1CCN(C(=O)/C=C/c2ccc(Cl)s2)CC1O. The van der Waals surface area contributed by atoms with E-state index in [4.69, 9.17) is 11.6 Å². The Morgan fingerprint density at radius 2 is 2.39 bits per heavy atom. The normalized spacial score (nSPS) is 24.7. The zero-order valence-corrected chi connectivity index (χ0v) is 11.7. The molecule has 1 aliphatic heterocycles. The lowest BCUT2D eigenvalue weighted by Gasteiger charge is -2.33. The number of likely N-dealkylation sites (tertiary alicyclic amines) is 1. The Labute approximate surface area is 116 Å². The molecule has 2 rings (SSSR count). The van der Waals surface area contributed by atoms with E-state index in [0.717, 1.165) is 11.3 Å². The van der Waals surface area contributed by atoms with E-state index in [2.05, 4.69) is 0 Å². The number of aliphatic hydroxyl groups is 1. The highest BCUT2D eigenvalue weighted by Crippen LogP contribution is 2.23. The summed E-state index contributed by atoms with van der Waals surface area (Å²) in [6, 6.07) is 3.69. The number of amides is 1. The van der Waals surface area contributed by atoms with Gasteiger partial charge in [-0.15, -0.1) is 11.3 Å². The Balaban J connectivity index is 1.94. The van der Waals surface area contributed by atoms with E-state index in [1.165, 1.54) is 11.3 Å². The van der Waals surface area contributed by atoms with E-state index in [-0.39, 0.29) is 11.8 Å². The number of piperidine rings is 1. The van der Waals surface area contributed by atoms with Crippen LogP contribution in [0.25, 0.3) is 6.08 Å². The lowest BCUT2D eigenvalue weighted by Crippen LogP contribution is -2.45. The van der Waals surface area contributed by atoms with Gasteiger partial charge in [0.2, 0.25) is 5.91 Å². The molecule has 1 aliphatic rings. The first-order valence-electron chi connectivity index (χ1n) is 5.96. The van der Waals surface area contributed by atoms with Crippen molar-refractivity contribution < 1.29 is 9.90 Å². The summed E-state index contributed by atoms with van der Waals surface area (Å²) in [6.45, 7) is 3.15. The van der Waals surface area contributed by atoms with Gasteiger partial charge in [-0.3, -0.25) is 4.79 Å². The van der Waals surface area contributed by atoms with Crippen molar-refractivity contribution in [2.75, 3.05) is 13.1 Å². The van der Waals surface area contributed by atoms with Crippen molar-refractivity contribution in [3.8, 4) is 0 Å². The summed E-state index contributed by atoms with van der Waals surface area (Å²) in [7, 11) is 0. The fourth-order valence-electron chi connectivity index (χ4n) is 1.93. The molecule has 1 amide bonds. The average Bonchev–Trinajstić information content (AvgIpc) is 2.75. The predicted octanol–water partition coefficient (Wildman–Crippen LogP) is 2.64. The van der Waals surface area contributed by atoms with Crippen LogP contribution in [-0.2, 0) is 4.79 Å². The zero-order valence-electron chi connectivity index (χ0n) is 10.2. The van der Waals surface area contributed by atoms with Gasteiger partial charge < -0.3 is 10.0 Å². The molecule has 5 heteroatoms. The topological polar surface area (TPSA) is 40.5 Å². The number of hydrogen-bond acceptors (Lipinski definition) is 3.